The predicted molar refractivity (Wildman–Crippen MR) is 89.4 cm³/mol. The average Bonchev–Trinajstić information content (AvgIpc) is 2.43. The number of rotatable bonds is 5. The molecule has 104 valence electrons. The molecule has 0 heterocycles. The maximum atomic E-state index is 11.7. The minimum Gasteiger partial charge on any atom is -0.491 e. The van der Waals surface area contributed by atoms with Gasteiger partial charge in [-0.05, 0) is 59.0 Å². The van der Waals surface area contributed by atoms with Crippen LogP contribution in [0.2, 0.25) is 5.02 Å². The summed E-state index contributed by atoms with van der Waals surface area (Å²) in [6.07, 6.45) is 0.275. The van der Waals surface area contributed by atoms with Crippen LogP contribution in [0, 0.1) is 3.57 Å². The number of halogens is 2. The van der Waals surface area contributed by atoms with Crippen molar-refractivity contribution in [3.05, 3.63) is 57.1 Å². The SMILES string of the molecule is O=C(CCOc1ccccc1Cl)Nc1ccc(I)cc1. The van der Waals surface area contributed by atoms with Gasteiger partial charge in [0.2, 0.25) is 5.91 Å². The second-order valence-electron chi connectivity index (χ2n) is 4.08. The number of carbonyl (C=O) groups is 1. The Balaban J connectivity index is 1.78. The highest BCUT2D eigenvalue weighted by molar-refractivity contribution is 14.1. The van der Waals surface area contributed by atoms with Crippen molar-refractivity contribution >= 4 is 45.8 Å². The van der Waals surface area contributed by atoms with Gasteiger partial charge in [-0.25, -0.2) is 0 Å². The Morgan fingerprint density at radius 3 is 2.55 bits per heavy atom. The van der Waals surface area contributed by atoms with Crippen LogP contribution in [-0.2, 0) is 4.79 Å². The Labute approximate surface area is 136 Å². The lowest BCUT2D eigenvalue weighted by molar-refractivity contribution is -0.116. The number of ether oxygens (including phenoxy) is 1. The Bertz CT molecular complexity index is 587. The summed E-state index contributed by atoms with van der Waals surface area (Å²) in [7, 11) is 0. The molecule has 0 unspecified atom stereocenters. The highest BCUT2D eigenvalue weighted by Gasteiger charge is 2.04. The van der Waals surface area contributed by atoms with E-state index in [4.69, 9.17) is 16.3 Å². The zero-order chi connectivity index (χ0) is 14.4. The van der Waals surface area contributed by atoms with Gasteiger partial charge in [0.15, 0.2) is 0 Å². The lowest BCUT2D eigenvalue weighted by Crippen LogP contribution is -2.15. The van der Waals surface area contributed by atoms with Gasteiger partial charge in [0.05, 0.1) is 18.1 Å². The standard InChI is InChI=1S/C15H13ClINO2/c16-13-3-1-2-4-14(13)20-10-9-15(19)18-12-7-5-11(17)6-8-12/h1-8H,9-10H2,(H,18,19). The van der Waals surface area contributed by atoms with Crippen LogP contribution in [0.5, 0.6) is 5.75 Å². The summed E-state index contributed by atoms with van der Waals surface area (Å²) in [5, 5.41) is 3.36. The molecule has 2 aromatic carbocycles. The van der Waals surface area contributed by atoms with Crippen LogP contribution < -0.4 is 10.1 Å². The number of hydrogen-bond donors (Lipinski definition) is 1. The van der Waals surface area contributed by atoms with Gasteiger partial charge in [-0.1, -0.05) is 23.7 Å². The molecule has 2 aromatic rings. The first kappa shape index (κ1) is 15.1. The number of amides is 1. The first-order chi connectivity index (χ1) is 9.65. The van der Waals surface area contributed by atoms with Gasteiger partial charge >= 0.3 is 0 Å². The van der Waals surface area contributed by atoms with Crippen LogP contribution in [0.1, 0.15) is 6.42 Å². The second kappa shape index (κ2) is 7.50. The Hall–Kier alpha value is -1.27. The molecular weight excluding hydrogens is 389 g/mol. The molecule has 0 aliphatic carbocycles. The monoisotopic (exact) mass is 401 g/mol. The lowest BCUT2D eigenvalue weighted by atomic mass is 10.3. The average molecular weight is 402 g/mol. The fourth-order valence-corrected chi connectivity index (χ4v) is 2.12. The van der Waals surface area contributed by atoms with Gasteiger partial charge in [-0.3, -0.25) is 4.79 Å². The van der Waals surface area contributed by atoms with Gasteiger partial charge in [-0.2, -0.15) is 0 Å². The quantitative estimate of drug-likeness (QED) is 0.756. The largest absolute Gasteiger partial charge is 0.491 e. The second-order valence-corrected chi connectivity index (χ2v) is 5.74. The van der Waals surface area contributed by atoms with Gasteiger partial charge in [-0.15, -0.1) is 0 Å². The van der Waals surface area contributed by atoms with Crippen LogP contribution >= 0.6 is 34.2 Å². The van der Waals surface area contributed by atoms with E-state index in [0.717, 1.165) is 9.26 Å². The van der Waals surface area contributed by atoms with Gasteiger partial charge in [0.25, 0.3) is 0 Å². The van der Waals surface area contributed by atoms with Crippen molar-refractivity contribution in [1.29, 1.82) is 0 Å². The number of hydrogen-bond acceptors (Lipinski definition) is 2. The minimum absolute atomic E-state index is 0.0849. The summed E-state index contributed by atoms with van der Waals surface area (Å²) < 4.78 is 6.60. The van der Waals surface area contributed by atoms with Crippen molar-refractivity contribution in [2.45, 2.75) is 6.42 Å². The molecule has 0 aromatic heterocycles. The van der Waals surface area contributed by atoms with Gasteiger partial charge in [0, 0.05) is 9.26 Å². The van der Waals surface area contributed by atoms with E-state index in [2.05, 4.69) is 27.9 Å². The fourth-order valence-electron chi connectivity index (χ4n) is 1.57. The zero-order valence-electron chi connectivity index (χ0n) is 10.6. The highest BCUT2D eigenvalue weighted by Crippen LogP contribution is 2.23. The van der Waals surface area contributed by atoms with E-state index in [0.29, 0.717) is 17.4 Å². The van der Waals surface area contributed by atoms with Crippen molar-refractivity contribution in [1.82, 2.24) is 0 Å². The van der Waals surface area contributed by atoms with Gasteiger partial charge in [0.1, 0.15) is 5.75 Å². The summed E-state index contributed by atoms with van der Waals surface area (Å²) >= 11 is 8.17. The first-order valence-electron chi connectivity index (χ1n) is 6.08. The smallest absolute Gasteiger partial charge is 0.227 e. The normalized spacial score (nSPS) is 10.1. The highest BCUT2D eigenvalue weighted by atomic mass is 127. The third kappa shape index (κ3) is 4.68. The molecule has 2 rings (SSSR count). The fraction of sp³-hybridized carbons (Fsp3) is 0.133. The minimum atomic E-state index is -0.0849. The van der Waals surface area contributed by atoms with Crippen LogP contribution in [0.25, 0.3) is 0 Å². The van der Waals surface area contributed by atoms with Crippen LogP contribution in [-0.4, -0.2) is 12.5 Å². The molecule has 0 atom stereocenters. The van der Waals surface area contributed by atoms with Crippen molar-refractivity contribution in [2.75, 3.05) is 11.9 Å². The molecule has 0 spiro atoms. The topological polar surface area (TPSA) is 38.3 Å². The van der Waals surface area contributed by atoms with E-state index in [1.54, 1.807) is 12.1 Å². The van der Waals surface area contributed by atoms with Crippen molar-refractivity contribution in [3.8, 4) is 5.75 Å². The van der Waals surface area contributed by atoms with Crippen LogP contribution in [0.3, 0.4) is 0 Å². The van der Waals surface area contributed by atoms with Crippen molar-refractivity contribution in [3.63, 3.8) is 0 Å². The van der Waals surface area contributed by atoms with E-state index in [9.17, 15) is 4.79 Å². The molecule has 5 heteroatoms. The Morgan fingerprint density at radius 1 is 1.15 bits per heavy atom. The Kier molecular flexibility index (Phi) is 5.67. The van der Waals surface area contributed by atoms with E-state index in [1.165, 1.54) is 0 Å². The first-order valence-corrected chi connectivity index (χ1v) is 7.53. The van der Waals surface area contributed by atoms with E-state index >= 15 is 0 Å². The van der Waals surface area contributed by atoms with Crippen molar-refractivity contribution in [2.24, 2.45) is 0 Å². The van der Waals surface area contributed by atoms with Crippen LogP contribution in [0.15, 0.2) is 48.5 Å². The predicted octanol–water partition coefficient (Wildman–Crippen LogP) is 4.35. The zero-order valence-corrected chi connectivity index (χ0v) is 13.5. The molecule has 0 aliphatic heterocycles. The number of anilines is 1. The maximum Gasteiger partial charge on any atom is 0.227 e. The summed E-state index contributed by atoms with van der Waals surface area (Å²) in [5.74, 6) is 0.509. The molecule has 1 N–H and O–H groups in total. The number of para-hydroxylation sites is 1. The maximum absolute atomic E-state index is 11.7. The molecule has 0 saturated carbocycles. The molecule has 0 fully saturated rings. The summed E-state index contributed by atoms with van der Waals surface area (Å²) in [4.78, 5) is 11.7. The number of carbonyl (C=O) groups excluding carboxylic acids is 1. The third-order valence-corrected chi connectivity index (χ3v) is 3.58. The van der Waals surface area contributed by atoms with E-state index in [1.807, 2.05) is 36.4 Å². The molecule has 0 radical (unpaired) electrons. The lowest BCUT2D eigenvalue weighted by Gasteiger charge is -2.08. The summed E-state index contributed by atoms with van der Waals surface area (Å²) in [6, 6.07) is 14.8. The number of nitrogens with one attached hydrogen (secondary N) is 1. The molecule has 0 aliphatic rings. The molecule has 0 saturated heterocycles. The van der Waals surface area contributed by atoms with Crippen LogP contribution in [0.4, 0.5) is 5.69 Å². The molecule has 1 amide bonds. The Morgan fingerprint density at radius 2 is 1.85 bits per heavy atom. The molecule has 20 heavy (non-hydrogen) atoms. The molecule has 0 bridgehead atoms. The van der Waals surface area contributed by atoms with Gasteiger partial charge < -0.3 is 10.1 Å². The van der Waals surface area contributed by atoms with Crippen molar-refractivity contribution < 1.29 is 9.53 Å². The van der Waals surface area contributed by atoms with E-state index in [-0.39, 0.29) is 12.3 Å². The third-order valence-electron chi connectivity index (χ3n) is 2.55. The number of benzene rings is 2. The summed E-state index contributed by atoms with van der Waals surface area (Å²) in [6.45, 7) is 0.292. The summed E-state index contributed by atoms with van der Waals surface area (Å²) in [5.41, 5.74) is 0.785. The molecular formula is C15H13ClINO2. The molecule has 3 nitrogen and oxygen atoms in total. The van der Waals surface area contributed by atoms with E-state index < -0.39 is 0 Å².